The maximum Gasteiger partial charge on any atom is 0.191 e. The Morgan fingerprint density at radius 2 is 1.90 bits per heavy atom. The lowest BCUT2D eigenvalue weighted by atomic mass is 10.1. The Hall–Kier alpha value is -1.90. The second kappa shape index (κ2) is 11.9. The second-order valence-corrected chi connectivity index (χ2v) is 7.20. The van der Waals surface area contributed by atoms with Gasteiger partial charge in [0.2, 0.25) is 0 Å². The number of piperidine rings is 1. The number of halogens is 2. The number of nitrogens with zero attached hydrogens (tertiary/aromatic N) is 3. The molecule has 0 amide bonds. The molecule has 1 aliphatic rings. The summed E-state index contributed by atoms with van der Waals surface area (Å²) < 4.78 is 13.4. The van der Waals surface area contributed by atoms with Gasteiger partial charge in [-0.05, 0) is 68.0 Å². The molecule has 3 rings (SSSR count). The minimum Gasteiger partial charge on any atom is -0.357 e. The topological polar surface area (TPSA) is 52.6 Å². The van der Waals surface area contributed by atoms with Crippen LogP contribution >= 0.6 is 24.0 Å². The largest absolute Gasteiger partial charge is 0.357 e. The van der Waals surface area contributed by atoms with E-state index in [2.05, 4.69) is 31.6 Å². The van der Waals surface area contributed by atoms with Gasteiger partial charge in [0.1, 0.15) is 11.6 Å². The number of anilines is 1. The van der Waals surface area contributed by atoms with Crippen LogP contribution in [0.5, 0.6) is 0 Å². The van der Waals surface area contributed by atoms with E-state index in [1.54, 1.807) is 13.0 Å². The molecule has 0 bridgehead atoms. The third-order valence-corrected chi connectivity index (χ3v) is 4.94. The van der Waals surface area contributed by atoms with Gasteiger partial charge in [0.15, 0.2) is 5.96 Å². The molecule has 2 aromatic rings. The summed E-state index contributed by atoms with van der Waals surface area (Å²) in [6.45, 7) is 7.96. The summed E-state index contributed by atoms with van der Waals surface area (Å²) in [6, 6.07) is 9.32. The number of pyridine rings is 1. The van der Waals surface area contributed by atoms with Gasteiger partial charge in [-0.25, -0.2) is 14.4 Å². The lowest BCUT2D eigenvalue weighted by Gasteiger charge is -2.28. The molecule has 2 N–H and O–H groups in total. The van der Waals surface area contributed by atoms with Crippen molar-refractivity contribution >= 4 is 35.8 Å². The van der Waals surface area contributed by atoms with E-state index in [9.17, 15) is 4.39 Å². The first kappa shape index (κ1) is 23.4. The number of rotatable bonds is 6. The molecule has 7 heteroatoms. The zero-order chi connectivity index (χ0) is 19.8. The van der Waals surface area contributed by atoms with Crippen molar-refractivity contribution in [1.82, 2.24) is 15.6 Å². The van der Waals surface area contributed by atoms with Crippen LogP contribution < -0.4 is 15.5 Å². The zero-order valence-corrected chi connectivity index (χ0v) is 19.6. The highest BCUT2D eigenvalue weighted by Gasteiger charge is 2.12. The number of benzene rings is 1. The van der Waals surface area contributed by atoms with Crippen LogP contribution in [-0.4, -0.2) is 30.6 Å². The van der Waals surface area contributed by atoms with Gasteiger partial charge >= 0.3 is 0 Å². The molecule has 0 spiro atoms. The number of nitrogens with one attached hydrogen (secondary N) is 2. The summed E-state index contributed by atoms with van der Waals surface area (Å²) in [5.74, 6) is 1.63. The summed E-state index contributed by atoms with van der Waals surface area (Å²) in [7, 11) is 0. The molecule has 1 aromatic carbocycles. The lowest BCUT2D eigenvalue weighted by molar-refractivity contribution is 0.573. The molecule has 1 saturated heterocycles. The van der Waals surface area contributed by atoms with Crippen LogP contribution in [0.1, 0.15) is 42.9 Å². The molecule has 1 fully saturated rings. The molecular formula is C22H31FIN5. The number of hydrogen-bond acceptors (Lipinski definition) is 3. The molecule has 0 radical (unpaired) electrons. The maximum atomic E-state index is 13.4. The number of aryl methyl sites for hydroxylation is 1. The van der Waals surface area contributed by atoms with Crippen LogP contribution in [-0.2, 0) is 13.1 Å². The number of hydrogen-bond donors (Lipinski definition) is 2. The predicted octanol–water partition coefficient (Wildman–Crippen LogP) is 4.39. The highest BCUT2D eigenvalue weighted by atomic mass is 127. The highest BCUT2D eigenvalue weighted by molar-refractivity contribution is 14.0. The standard InChI is InChI=1S/C22H30FN5.HI/c1-3-24-22(26-15-18-7-8-20(23)17(2)13-18)27-16-19-9-10-25-21(14-19)28-11-5-4-6-12-28;/h7-10,13-14H,3-6,11-12,15-16H2,1-2H3,(H2,24,26,27);1H. The number of aromatic nitrogens is 1. The van der Waals surface area contributed by atoms with Crippen LogP contribution in [0, 0.1) is 12.7 Å². The maximum absolute atomic E-state index is 13.4. The third kappa shape index (κ3) is 7.13. The lowest BCUT2D eigenvalue weighted by Crippen LogP contribution is -2.37. The van der Waals surface area contributed by atoms with Crippen molar-refractivity contribution in [1.29, 1.82) is 0 Å². The van der Waals surface area contributed by atoms with Crippen molar-refractivity contribution in [3.63, 3.8) is 0 Å². The van der Waals surface area contributed by atoms with Gasteiger partial charge in [-0.15, -0.1) is 24.0 Å². The van der Waals surface area contributed by atoms with Crippen LogP contribution in [0.4, 0.5) is 10.2 Å². The SMILES string of the molecule is CCNC(=NCc1ccc(F)c(C)c1)NCc1ccnc(N2CCCCC2)c1.I. The first-order valence-corrected chi connectivity index (χ1v) is 10.1. The fourth-order valence-corrected chi connectivity index (χ4v) is 3.37. The van der Waals surface area contributed by atoms with Gasteiger partial charge in [-0.1, -0.05) is 12.1 Å². The Labute approximate surface area is 190 Å². The quantitative estimate of drug-likeness (QED) is 0.343. The molecule has 0 aliphatic carbocycles. The van der Waals surface area contributed by atoms with Gasteiger partial charge in [0.25, 0.3) is 0 Å². The van der Waals surface area contributed by atoms with E-state index in [1.165, 1.54) is 30.9 Å². The summed E-state index contributed by atoms with van der Waals surface area (Å²) in [5, 5.41) is 6.65. The van der Waals surface area contributed by atoms with Crippen LogP contribution in [0.25, 0.3) is 0 Å². The minimum atomic E-state index is -0.181. The van der Waals surface area contributed by atoms with Crippen molar-refractivity contribution in [2.75, 3.05) is 24.5 Å². The normalized spacial score (nSPS) is 14.3. The molecule has 1 aliphatic heterocycles. The molecular weight excluding hydrogens is 480 g/mol. The van der Waals surface area contributed by atoms with Crippen LogP contribution in [0.3, 0.4) is 0 Å². The smallest absolute Gasteiger partial charge is 0.191 e. The molecule has 2 heterocycles. The first-order chi connectivity index (χ1) is 13.7. The Kier molecular flexibility index (Phi) is 9.63. The van der Waals surface area contributed by atoms with Gasteiger partial charge in [0.05, 0.1) is 6.54 Å². The van der Waals surface area contributed by atoms with Crippen molar-refractivity contribution < 1.29 is 4.39 Å². The molecule has 0 unspecified atom stereocenters. The van der Waals surface area contributed by atoms with Crippen LogP contribution in [0.2, 0.25) is 0 Å². The Balaban J connectivity index is 0.00000300. The molecule has 5 nitrogen and oxygen atoms in total. The Bertz CT molecular complexity index is 806. The monoisotopic (exact) mass is 511 g/mol. The fourth-order valence-electron chi connectivity index (χ4n) is 3.37. The van der Waals surface area contributed by atoms with E-state index >= 15 is 0 Å². The Morgan fingerprint density at radius 1 is 1.10 bits per heavy atom. The van der Waals surface area contributed by atoms with E-state index in [1.807, 2.05) is 25.3 Å². The van der Waals surface area contributed by atoms with Crippen molar-refractivity contribution in [2.45, 2.75) is 46.2 Å². The summed E-state index contributed by atoms with van der Waals surface area (Å²) >= 11 is 0. The first-order valence-electron chi connectivity index (χ1n) is 10.1. The predicted molar refractivity (Wildman–Crippen MR) is 129 cm³/mol. The van der Waals surface area contributed by atoms with Crippen molar-refractivity contribution in [2.24, 2.45) is 4.99 Å². The summed E-state index contributed by atoms with van der Waals surface area (Å²) in [5.41, 5.74) is 2.82. The van der Waals surface area contributed by atoms with E-state index in [0.717, 1.165) is 37.0 Å². The highest BCUT2D eigenvalue weighted by Crippen LogP contribution is 2.18. The van der Waals surface area contributed by atoms with Crippen LogP contribution in [0.15, 0.2) is 41.5 Å². The average molecular weight is 511 g/mol. The van der Waals surface area contributed by atoms with E-state index in [4.69, 9.17) is 0 Å². The Morgan fingerprint density at radius 3 is 2.62 bits per heavy atom. The van der Waals surface area contributed by atoms with Gasteiger partial charge in [-0.3, -0.25) is 0 Å². The summed E-state index contributed by atoms with van der Waals surface area (Å²) in [4.78, 5) is 11.5. The van der Waals surface area contributed by atoms with Gasteiger partial charge in [-0.2, -0.15) is 0 Å². The number of guanidine groups is 1. The van der Waals surface area contributed by atoms with E-state index in [0.29, 0.717) is 18.7 Å². The fraction of sp³-hybridized carbons (Fsp3) is 0.455. The van der Waals surface area contributed by atoms with Gasteiger partial charge < -0.3 is 15.5 Å². The minimum absolute atomic E-state index is 0. The average Bonchev–Trinajstić information content (AvgIpc) is 2.73. The van der Waals surface area contributed by atoms with Crippen molar-refractivity contribution in [3.8, 4) is 0 Å². The number of aliphatic imine (C=N–C) groups is 1. The second-order valence-electron chi connectivity index (χ2n) is 7.20. The molecule has 29 heavy (non-hydrogen) atoms. The zero-order valence-electron chi connectivity index (χ0n) is 17.2. The van der Waals surface area contributed by atoms with Gasteiger partial charge in [0, 0.05) is 32.4 Å². The van der Waals surface area contributed by atoms with Crippen molar-refractivity contribution in [3.05, 3.63) is 59.0 Å². The van der Waals surface area contributed by atoms with E-state index in [-0.39, 0.29) is 29.8 Å². The molecule has 158 valence electrons. The van der Waals surface area contributed by atoms with E-state index < -0.39 is 0 Å². The molecule has 0 atom stereocenters. The third-order valence-electron chi connectivity index (χ3n) is 4.94. The molecule has 1 aromatic heterocycles. The molecule has 0 saturated carbocycles. The summed E-state index contributed by atoms with van der Waals surface area (Å²) in [6.07, 6.45) is 5.68.